The van der Waals surface area contributed by atoms with Crippen LogP contribution >= 0.6 is 0 Å². The number of ether oxygens (including phenoxy) is 2. The zero-order valence-corrected chi connectivity index (χ0v) is 19.4. The number of rotatable bonds is 8. The minimum absolute atomic E-state index is 0.00509. The van der Waals surface area contributed by atoms with Gasteiger partial charge in [0.2, 0.25) is 0 Å². The molecule has 0 spiro atoms. The van der Waals surface area contributed by atoms with Gasteiger partial charge >= 0.3 is 0 Å². The summed E-state index contributed by atoms with van der Waals surface area (Å²) in [4.78, 5) is 12.6. The third-order valence-corrected chi connectivity index (χ3v) is 8.14. The fourth-order valence-electron chi connectivity index (χ4n) is 3.34. The number of hydrogen-bond acceptors (Lipinski definition) is 5. The molecule has 3 rings (SSSR count). The summed E-state index contributed by atoms with van der Waals surface area (Å²) in [6.07, 6.45) is 3.79. The maximum atomic E-state index is 12.6. The number of ketones is 1. The third kappa shape index (κ3) is 6.65. The molecule has 5 nitrogen and oxygen atoms in total. The first-order valence-corrected chi connectivity index (χ1v) is 12.5. The van der Waals surface area contributed by atoms with Crippen molar-refractivity contribution in [3.8, 4) is 5.75 Å². The quantitative estimate of drug-likeness (QED) is 0.549. The van der Waals surface area contributed by atoms with E-state index < -0.39 is 14.6 Å². The van der Waals surface area contributed by atoms with Crippen LogP contribution in [0.2, 0.25) is 0 Å². The van der Waals surface area contributed by atoms with Crippen molar-refractivity contribution in [1.82, 2.24) is 0 Å². The van der Waals surface area contributed by atoms with Gasteiger partial charge in [-0.1, -0.05) is 36.4 Å². The molecule has 1 aliphatic rings. The van der Waals surface area contributed by atoms with Crippen molar-refractivity contribution in [3.63, 3.8) is 0 Å². The molecule has 0 aromatic heterocycles. The van der Waals surface area contributed by atoms with E-state index in [9.17, 15) is 13.2 Å². The fraction of sp³-hybridized carbons (Fsp3) is 0.480. The average Bonchev–Trinajstić information content (AvgIpc) is 2.73. The van der Waals surface area contributed by atoms with E-state index >= 15 is 0 Å². The highest BCUT2D eigenvalue weighted by atomic mass is 32.2. The van der Waals surface area contributed by atoms with Crippen molar-refractivity contribution >= 4 is 15.6 Å². The lowest BCUT2D eigenvalue weighted by Gasteiger charge is -2.22. The topological polar surface area (TPSA) is 69.7 Å². The Morgan fingerprint density at radius 3 is 2.23 bits per heavy atom. The number of hydrogen-bond donors (Lipinski definition) is 0. The van der Waals surface area contributed by atoms with Crippen molar-refractivity contribution in [3.05, 3.63) is 65.2 Å². The predicted octanol–water partition coefficient (Wildman–Crippen LogP) is 4.77. The van der Waals surface area contributed by atoms with Gasteiger partial charge in [0.1, 0.15) is 12.4 Å². The molecular weight excluding hydrogens is 412 g/mol. The number of carbonyl (C=O) groups is 1. The highest BCUT2D eigenvalue weighted by Crippen LogP contribution is 2.21. The third-order valence-electron chi connectivity index (χ3n) is 5.56. The smallest absolute Gasteiger partial charge is 0.167 e. The first-order valence-electron chi connectivity index (χ1n) is 10.8. The maximum Gasteiger partial charge on any atom is 0.167 e. The lowest BCUT2D eigenvalue weighted by atomic mass is 10.0. The summed E-state index contributed by atoms with van der Waals surface area (Å²) in [6, 6.07) is 14.4. The van der Waals surface area contributed by atoms with Crippen LogP contribution in [0.4, 0.5) is 0 Å². The van der Waals surface area contributed by atoms with Crippen LogP contribution in [0.5, 0.6) is 5.75 Å². The minimum Gasteiger partial charge on any atom is -0.491 e. The van der Waals surface area contributed by atoms with Gasteiger partial charge < -0.3 is 9.47 Å². The molecule has 1 aliphatic heterocycles. The van der Waals surface area contributed by atoms with Crippen LogP contribution in [0, 0.1) is 0 Å². The van der Waals surface area contributed by atoms with E-state index in [-0.39, 0.29) is 24.1 Å². The Hall–Kier alpha value is -2.18. The molecule has 6 heteroatoms. The molecule has 31 heavy (non-hydrogen) atoms. The molecular formula is C25H32O5S. The van der Waals surface area contributed by atoms with Crippen molar-refractivity contribution in [1.29, 1.82) is 0 Å². The summed E-state index contributed by atoms with van der Waals surface area (Å²) < 4.78 is 35.4. The largest absolute Gasteiger partial charge is 0.491 e. The van der Waals surface area contributed by atoms with Crippen molar-refractivity contribution < 1.29 is 22.7 Å². The van der Waals surface area contributed by atoms with E-state index in [1.807, 2.05) is 24.3 Å². The summed E-state index contributed by atoms with van der Waals surface area (Å²) in [5.41, 5.74) is 2.17. The Labute approximate surface area is 185 Å². The van der Waals surface area contributed by atoms with Gasteiger partial charge in [-0.3, -0.25) is 4.79 Å². The second-order valence-corrected chi connectivity index (χ2v) is 11.9. The fourth-order valence-corrected chi connectivity index (χ4v) is 4.41. The summed E-state index contributed by atoms with van der Waals surface area (Å²) in [5.74, 6) is 0.738. The SMILES string of the molecule is CC(C)(C)S(=O)(=O)Cc1ccc(C(=O)Cc2ccc(OCC3CCCCO3)cc2)cc1. The van der Waals surface area contributed by atoms with Crippen molar-refractivity contribution in [2.24, 2.45) is 0 Å². The number of benzene rings is 2. The van der Waals surface area contributed by atoms with Gasteiger partial charge in [0.25, 0.3) is 0 Å². The summed E-state index contributed by atoms with van der Waals surface area (Å²) in [6.45, 7) is 6.44. The van der Waals surface area contributed by atoms with Gasteiger partial charge in [-0.25, -0.2) is 8.42 Å². The van der Waals surface area contributed by atoms with E-state index in [0.717, 1.165) is 30.8 Å². The Kier molecular flexibility index (Phi) is 7.55. The monoisotopic (exact) mass is 444 g/mol. The molecule has 0 bridgehead atoms. The number of sulfone groups is 1. The van der Waals surface area contributed by atoms with Crippen molar-refractivity contribution in [2.45, 2.75) is 63.1 Å². The molecule has 0 radical (unpaired) electrons. The van der Waals surface area contributed by atoms with Crippen LogP contribution in [0.25, 0.3) is 0 Å². The predicted molar refractivity (Wildman–Crippen MR) is 122 cm³/mol. The molecule has 0 N–H and O–H groups in total. The van der Waals surface area contributed by atoms with E-state index in [1.165, 1.54) is 6.42 Å². The van der Waals surface area contributed by atoms with Gasteiger partial charge in [0.05, 0.1) is 16.6 Å². The average molecular weight is 445 g/mol. The molecule has 1 atom stereocenters. The Morgan fingerprint density at radius 2 is 1.65 bits per heavy atom. The number of Topliss-reactive ketones (excluding diaryl/α,β-unsaturated/α-hetero) is 1. The molecule has 1 heterocycles. The van der Waals surface area contributed by atoms with Gasteiger partial charge in [-0.15, -0.1) is 0 Å². The van der Waals surface area contributed by atoms with Gasteiger partial charge in [-0.05, 0) is 63.3 Å². The van der Waals surface area contributed by atoms with Crippen LogP contribution in [0.1, 0.15) is 61.5 Å². The first-order chi connectivity index (χ1) is 14.6. The number of carbonyl (C=O) groups excluding carboxylic acids is 1. The van der Waals surface area contributed by atoms with Gasteiger partial charge in [0, 0.05) is 18.6 Å². The summed E-state index contributed by atoms with van der Waals surface area (Å²) in [7, 11) is -3.25. The van der Waals surface area contributed by atoms with Crippen molar-refractivity contribution in [2.75, 3.05) is 13.2 Å². The molecule has 2 aromatic rings. The zero-order chi connectivity index (χ0) is 22.5. The lowest BCUT2D eigenvalue weighted by molar-refractivity contribution is -0.0110. The zero-order valence-electron chi connectivity index (χ0n) is 18.6. The van der Waals surface area contributed by atoms with Gasteiger partial charge in [-0.2, -0.15) is 0 Å². The van der Waals surface area contributed by atoms with Crippen LogP contribution < -0.4 is 4.74 Å². The van der Waals surface area contributed by atoms with Crippen LogP contribution in [-0.4, -0.2) is 38.3 Å². The second-order valence-electron chi connectivity index (χ2n) is 9.11. The molecule has 1 fully saturated rings. The second kappa shape index (κ2) is 9.96. The van der Waals surface area contributed by atoms with E-state index in [4.69, 9.17) is 9.47 Å². The highest BCUT2D eigenvalue weighted by molar-refractivity contribution is 7.91. The molecule has 2 aromatic carbocycles. The van der Waals surface area contributed by atoms with Crippen LogP contribution in [0.15, 0.2) is 48.5 Å². The lowest BCUT2D eigenvalue weighted by Crippen LogP contribution is -2.29. The van der Waals surface area contributed by atoms with Gasteiger partial charge in [0.15, 0.2) is 15.6 Å². The standard InChI is InChI=1S/C25H32O5S/c1-25(2,3)31(27,28)18-20-7-11-21(12-8-20)24(26)16-19-9-13-22(14-10-19)30-17-23-6-4-5-15-29-23/h7-14,23H,4-6,15-18H2,1-3H3. The first kappa shape index (κ1) is 23.5. The molecule has 0 aliphatic carbocycles. The molecule has 168 valence electrons. The normalized spacial score (nSPS) is 17.3. The Bertz CT molecular complexity index is 964. The molecule has 1 saturated heterocycles. The Balaban J connectivity index is 1.53. The van der Waals surface area contributed by atoms with E-state index in [0.29, 0.717) is 17.7 Å². The molecule has 0 saturated carbocycles. The molecule has 0 amide bonds. The summed E-state index contributed by atoms with van der Waals surface area (Å²) in [5, 5.41) is 0. The summed E-state index contributed by atoms with van der Waals surface area (Å²) >= 11 is 0. The minimum atomic E-state index is -3.25. The molecule has 1 unspecified atom stereocenters. The Morgan fingerprint density at radius 1 is 1.00 bits per heavy atom. The maximum absolute atomic E-state index is 12.6. The van der Waals surface area contributed by atoms with Crippen LogP contribution in [-0.2, 0) is 26.7 Å². The van der Waals surface area contributed by atoms with E-state index in [2.05, 4.69) is 0 Å². The van der Waals surface area contributed by atoms with Crippen LogP contribution in [0.3, 0.4) is 0 Å². The van der Waals surface area contributed by atoms with E-state index in [1.54, 1.807) is 45.0 Å². The highest BCUT2D eigenvalue weighted by Gasteiger charge is 2.28.